The first kappa shape index (κ1) is 14.5. The highest BCUT2D eigenvalue weighted by molar-refractivity contribution is 5.28. The molecular weight excluding hydrogens is 250 g/mol. The van der Waals surface area contributed by atoms with Gasteiger partial charge in [0.05, 0.1) is 6.04 Å². The van der Waals surface area contributed by atoms with Crippen LogP contribution in [0, 0.1) is 6.92 Å². The van der Waals surface area contributed by atoms with Gasteiger partial charge in [-0.1, -0.05) is 31.2 Å². The molecule has 0 saturated carbocycles. The average Bonchev–Trinajstić information content (AvgIpc) is 2.46. The summed E-state index contributed by atoms with van der Waals surface area (Å²) in [5.41, 5.74) is 2.26. The minimum absolute atomic E-state index is 0.123. The summed E-state index contributed by atoms with van der Waals surface area (Å²) in [6.07, 6.45) is 4.37. The predicted octanol–water partition coefficient (Wildman–Crippen LogP) is 2.29. The van der Waals surface area contributed by atoms with Crippen molar-refractivity contribution < 1.29 is 0 Å². The maximum absolute atomic E-state index is 11.8. The molecule has 2 aromatic rings. The molecule has 0 bridgehead atoms. The fourth-order valence-corrected chi connectivity index (χ4v) is 2.29. The number of hydrogen-bond donors (Lipinski definition) is 1. The highest BCUT2D eigenvalue weighted by atomic mass is 16.1. The number of aryl methyl sites for hydroxylation is 1. The number of rotatable bonds is 6. The molecule has 0 saturated heterocycles. The van der Waals surface area contributed by atoms with Crippen molar-refractivity contribution in [2.45, 2.75) is 32.9 Å². The predicted molar refractivity (Wildman–Crippen MR) is 80.7 cm³/mol. The Bertz CT molecular complexity index is 606. The Balaban J connectivity index is 2.27. The lowest BCUT2D eigenvalue weighted by molar-refractivity contribution is 0.450. The lowest BCUT2D eigenvalue weighted by atomic mass is 10.0. The maximum atomic E-state index is 11.8. The highest BCUT2D eigenvalue weighted by Gasteiger charge is 2.14. The van der Waals surface area contributed by atoms with Crippen LogP contribution in [-0.2, 0) is 6.54 Å². The quantitative estimate of drug-likeness (QED) is 0.877. The number of hydrogen-bond acceptors (Lipinski definition) is 3. The summed E-state index contributed by atoms with van der Waals surface area (Å²) in [5, 5.41) is 3.51. The Kier molecular flexibility index (Phi) is 5.07. The second kappa shape index (κ2) is 7.01. The zero-order valence-corrected chi connectivity index (χ0v) is 12.0. The molecule has 2 rings (SSSR count). The first-order valence-corrected chi connectivity index (χ1v) is 7.02. The Morgan fingerprint density at radius 2 is 2.10 bits per heavy atom. The smallest absolute Gasteiger partial charge is 0.308 e. The highest BCUT2D eigenvalue weighted by Crippen LogP contribution is 2.18. The number of benzene rings is 1. The van der Waals surface area contributed by atoms with Gasteiger partial charge < -0.3 is 5.32 Å². The first-order valence-electron chi connectivity index (χ1n) is 7.02. The summed E-state index contributed by atoms with van der Waals surface area (Å²) in [6, 6.07) is 10.2. The van der Waals surface area contributed by atoms with Gasteiger partial charge in [-0.2, -0.15) is 0 Å². The fourth-order valence-electron chi connectivity index (χ4n) is 2.29. The van der Waals surface area contributed by atoms with Gasteiger partial charge in [-0.15, -0.1) is 0 Å². The second-order valence-electron chi connectivity index (χ2n) is 4.92. The summed E-state index contributed by atoms with van der Waals surface area (Å²) < 4.78 is 1.65. The van der Waals surface area contributed by atoms with E-state index in [4.69, 9.17) is 0 Å². The van der Waals surface area contributed by atoms with E-state index in [1.807, 2.05) is 12.1 Å². The van der Waals surface area contributed by atoms with Gasteiger partial charge in [-0.3, -0.25) is 4.57 Å². The third-order valence-corrected chi connectivity index (χ3v) is 3.37. The van der Waals surface area contributed by atoms with E-state index in [0.717, 1.165) is 13.0 Å². The van der Waals surface area contributed by atoms with Gasteiger partial charge >= 0.3 is 5.69 Å². The lowest BCUT2D eigenvalue weighted by Crippen LogP contribution is -2.32. The molecule has 1 aromatic carbocycles. The molecule has 1 aromatic heterocycles. The van der Waals surface area contributed by atoms with Crippen molar-refractivity contribution in [1.82, 2.24) is 14.9 Å². The van der Waals surface area contributed by atoms with E-state index in [2.05, 4.69) is 36.3 Å². The van der Waals surface area contributed by atoms with Gasteiger partial charge in [0.25, 0.3) is 0 Å². The van der Waals surface area contributed by atoms with Crippen molar-refractivity contribution in [2.75, 3.05) is 6.54 Å². The molecule has 0 spiro atoms. The van der Waals surface area contributed by atoms with Crippen LogP contribution in [-0.4, -0.2) is 16.1 Å². The van der Waals surface area contributed by atoms with Crippen LogP contribution in [0.4, 0.5) is 0 Å². The number of nitrogens with one attached hydrogen (secondary N) is 1. The van der Waals surface area contributed by atoms with Crippen LogP contribution in [0.2, 0.25) is 0 Å². The van der Waals surface area contributed by atoms with Crippen LogP contribution < -0.4 is 11.0 Å². The van der Waals surface area contributed by atoms with Crippen molar-refractivity contribution in [3.05, 3.63) is 64.3 Å². The summed E-state index contributed by atoms with van der Waals surface area (Å²) in [5.74, 6) is 0. The second-order valence-corrected chi connectivity index (χ2v) is 4.92. The maximum Gasteiger partial charge on any atom is 0.347 e. The van der Waals surface area contributed by atoms with Gasteiger partial charge in [0, 0.05) is 18.9 Å². The van der Waals surface area contributed by atoms with Crippen LogP contribution in [0.25, 0.3) is 0 Å². The van der Waals surface area contributed by atoms with E-state index >= 15 is 0 Å². The Labute approximate surface area is 119 Å². The van der Waals surface area contributed by atoms with Crippen LogP contribution in [0.15, 0.2) is 47.5 Å². The molecule has 106 valence electrons. The minimum Gasteiger partial charge on any atom is -0.308 e. The monoisotopic (exact) mass is 271 g/mol. The van der Waals surface area contributed by atoms with Gasteiger partial charge in [-0.05, 0) is 37.1 Å². The first-order chi connectivity index (χ1) is 9.72. The molecule has 0 radical (unpaired) electrons. The summed E-state index contributed by atoms with van der Waals surface area (Å²) in [6.45, 7) is 5.76. The fraction of sp³-hybridized carbons (Fsp3) is 0.375. The Hall–Kier alpha value is -1.94. The molecule has 0 fully saturated rings. The average molecular weight is 271 g/mol. The van der Waals surface area contributed by atoms with E-state index in [1.165, 1.54) is 17.3 Å². The summed E-state index contributed by atoms with van der Waals surface area (Å²) in [7, 11) is 0. The van der Waals surface area contributed by atoms with E-state index in [0.29, 0.717) is 6.54 Å². The van der Waals surface area contributed by atoms with Gasteiger partial charge in [0.2, 0.25) is 0 Å². The third-order valence-electron chi connectivity index (χ3n) is 3.37. The molecule has 1 unspecified atom stereocenters. The molecule has 0 aliphatic rings. The molecule has 0 amide bonds. The van der Waals surface area contributed by atoms with Gasteiger partial charge in [0.1, 0.15) is 0 Å². The van der Waals surface area contributed by atoms with E-state index in [-0.39, 0.29) is 11.7 Å². The van der Waals surface area contributed by atoms with Crippen molar-refractivity contribution in [3.63, 3.8) is 0 Å². The molecule has 0 aliphatic heterocycles. The summed E-state index contributed by atoms with van der Waals surface area (Å²) >= 11 is 0. The Morgan fingerprint density at radius 1 is 1.30 bits per heavy atom. The van der Waals surface area contributed by atoms with Crippen molar-refractivity contribution >= 4 is 0 Å². The van der Waals surface area contributed by atoms with Crippen LogP contribution in [0.5, 0.6) is 0 Å². The third kappa shape index (κ3) is 3.54. The van der Waals surface area contributed by atoms with Crippen molar-refractivity contribution in [1.29, 1.82) is 0 Å². The minimum atomic E-state index is -0.204. The van der Waals surface area contributed by atoms with Crippen molar-refractivity contribution in [2.24, 2.45) is 0 Å². The normalized spacial score (nSPS) is 12.3. The lowest BCUT2D eigenvalue weighted by Gasteiger charge is -2.21. The van der Waals surface area contributed by atoms with E-state index < -0.39 is 0 Å². The topological polar surface area (TPSA) is 46.9 Å². The van der Waals surface area contributed by atoms with Crippen LogP contribution in [0.3, 0.4) is 0 Å². The zero-order valence-electron chi connectivity index (χ0n) is 12.0. The molecular formula is C16H21N3O. The molecule has 1 atom stereocenters. The molecule has 1 heterocycles. The SMILES string of the molecule is CCCNC(Cn1cccnc1=O)c1ccccc1C. The van der Waals surface area contributed by atoms with Gasteiger partial charge in [0.15, 0.2) is 0 Å². The number of nitrogens with zero attached hydrogens (tertiary/aromatic N) is 2. The Morgan fingerprint density at radius 3 is 2.80 bits per heavy atom. The molecule has 20 heavy (non-hydrogen) atoms. The van der Waals surface area contributed by atoms with Crippen LogP contribution >= 0.6 is 0 Å². The molecule has 4 heteroatoms. The standard InChI is InChI=1S/C16H21N3O/c1-3-9-17-15(14-8-5-4-7-13(14)2)12-19-11-6-10-18-16(19)20/h4-8,10-11,15,17H,3,9,12H2,1-2H3. The largest absolute Gasteiger partial charge is 0.347 e. The zero-order chi connectivity index (χ0) is 14.4. The van der Waals surface area contributed by atoms with E-state index in [9.17, 15) is 4.79 Å². The van der Waals surface area contributed by atoms with Crippen LogP contribution in [0.1, 0.15) is 30.5 Å². The molecule has 1 N–H and O–H groups in total. The van der Waals surface area contributed by atoms with Crippen molar-refractivity contribution in [3.8, 4) is 0 Å². The van der Waals surface area contributed by atoms with E-state index in [1.54, 1.807) is 16.8 Å². The molecule has 4 nitrogen and oxygen atoms in total. The summed E-state index contributed by atoms with van der Waals surface area (Å²) in [4.78, 5) is 15.6. The number of aromatic nitrogens is 2. The molecule has 0 aliphatic carbocycles. The van der Waals surface area contributed by atoms with Gasteiger partial charge in [-0.25, -0.2) is 9.78 Å².